The number of primary amides is 1. The maximum Gasteiger partial charge on any atom is 0.410 e. The molecule has 2 N–H and O–H groups in total. The molecule has 1 atom stereocenters. The number of ether oxygens (including phenoxy) is 1. The van der Waals surface area contributed by atoms with E-state index in [1.54, 1.807) is 14.0 Å². The second-order valence-corrected chi connectivity index (χ2v) is 10.0. The quantitative estimate of drug-likeness (QED) is 0.721. The fourth-order valence-corrected chi connectivity index (χ4v) is 4.98. The Bertz CT molecular complexity index is 945. The van der Waals surface area contributed by atoms with Gasteiger partial charge < -0.3 is 20.3 Å². The van der Waals surface area contributed by atoms with Crippen molar-refractivity contribution >= 4 is 17.8 Å². The molecule has 3 rings (SSSR count). The number of nitrogens with zero attached hydrogens (tertiary/aromatic N) is 5. The zero-order chi connectivity index (χ0) is 24.5. The van der Waals surface area contributed by atoms with Crippen molar-refractivity contribution in [3.8, 4) is 0 Å². The number of carbonyl (C=O) groups is 2. The van der Waals surface area contributed by atoms with Crippen LogP contribution in [0.1, 0.15) is 63.1 Å². The van der Waals surface area contributed by atoms with Crippen LogP contribution in [-0.2, 0) is 11.8 Å². The van der Waals surface area contributed by atoms with Crippen molar-refractivity contribution in [1.29, 1.82) is 0 Å². The monoisotopic (exact) mass is 462 g/mol. The predicted octanol–water partition coefficient (Wildman–Crippen LogP) is 1.49. The number of aryl methyl sites for hydroxylation is 1. The number of carbonyl (C=O) groups excluding carboxylic acids is 2. The third-order valence-electron chi connectivity index (χ3n) is 6.55. The molecule has 0 spiro atoms. The highest BCUT2D eigenvalue weighted by atomic mass is 16.6. The third kappa shape index (κ3) is 5.48. The Morgan fingerprint density at radius 1 is 1.15 bits per heavy atom. The van der Waals surface area contributed by atoms with E-state index in [1.165, 1.54) is 4.57 Å². The minimum atomic E-state index is -0.806. The number of nitrogens with two attached hydrogens (primary N) is 1. The highest BCUT2D eigenvalue weighted by Gasteiger charge is 2.36. The van der Waals surface area contributed by atoms with Crippen LogP contribution in [0.2, 0.25) is 0 Å². The molecule has 33 heavy (non-hydrogen) atoms. The summed E-state index contributed by atoms with van der Waals surface area (Å²) in [6, 6.07) is 0.734. The summed E-state index contributed by atoms with van der Waals surface area (Å²) in [5.74, 6) is -0.0675. The minimum Gasteiger partial charge on any atom is -0.444 e. The van der Waals surface area contributed by atoms with Crippen LogP contribution < -0.4 is 16.2 Å². The molecule has 2 aliphatic rings. The summed E-state index contributed by atoms with van der Waals surface area (Å²) in [7, 11) is 1.67. The number of piperazine rings is 1. The molecule has 3 heterocycles. The number of rotatable bonds is 4. The molecule has 184 valence electrons. The van der Waals surface area contributed by atoms with E-state index >= 15 is 0 Å². The molecule has 2 aliphatic heterocycles. The Labute approximate surface area is 195 Å². The van der Waals surface area contributed by atoms with Crippen LogP contribution in [-0.4, -0.2) is 81.8 Å². The number of piperidine rings is 1. The molecule has 0 aromatic carbocycles. The van der Waals surface area contributed by atoms with E-state index in [0.29, 0.717) is 30.9 Å². The molecule has 0 radical (unpaired) electrons. The summed E-state index contributed by atoms with van der Waals surface area (Å²) in [4.78, 5) is 47.3. The molecule has 10 nitrogen and oxygen atoms in total. The molecule has 10 heteroatoms. The normalized spacial score (nSPS) is 20.7. The van der Waals surface area contributed by atoms with E-state index in [1.807, 2.05) is 25.7 Å². The lowest BCUT2D eigenvalue weighted by Gasteiger charge is -2.48. The maximum absolute atomic E-state index is 12.6. The molecular weight excluding hydrogens is 424 g/mol. The van der Waals surface area contributed by atoms with Gasteiger partial charge in [0.2, 0.25) is 0 Å². The summed E-state index contributed by atoms with van der Waals surface area (Å²) >= 11 is 0. The fraction of sp³-hybridized carbons (Fsp3) is 0.739. The van der Waals surface area contributed by atoms with Crippen molar-refractivity contribution in [2.24, 2.45) is 12.8 Å². The van der Waals surface area contributed by atoms with Gasteiger partial charge in [-0.1, -0.05) is 6.92 Å². The molecule has 1 aromatic heterocycles. The van der Waals surface area contributed by atoms with Gasteiger partial charge in [0.05, 0.1) is 5.69 Å². The Hall–Kier alpha value is -2.62. The van der Waals surface area contributed by atoms with E-state index in [4.69, 9.17) is 10.5 Å². The van der Waals surface area contributed by atoms with Gasteiger partial charge in [-0.3, -0.25) is 19.1 Å². The van der Waals surface area contributed by atoms with E-state index in [2.05, 4.69) is 21.7 Å². The van der Waals surface area contributed by atoms with Crippen LogP contribution >= 0.6 is 0 Å². The van der Waals surface area contributed by atoms with Gasteiger partial charge in [-0.2, -0.15) is 0 Å². The van der Waals surface area contributed by atoms with E-state index in [0.717, 1.165) is 44.7 Å². The van der Waals surface area contributed by atoms with Gasteiger partial charge >= 0.3 is 6.09 Å². The Balaban J connectivity index is 1.68. The molecule has 0 saturated carbocycles. The molecule has 0 aliphatic carbocycles. The van der Waals surface area contributed by atoms with Crippen molar-refractivity contribution in [3.63, 3.8) is 0 Å². The first kappa shape index (κ1) is 25.0. The summed E-state index contributed by atoms with van der Waals surface area (Å²) < 4.78 is 7.01. The first-order valence-electron chi connectivity index (χ1n) is 11.8. The van der Waals surface area contributed by atoms with Crippen LogP contribution in [0.4, 0.5) is 10.6 Å². The lowest BCUT2D eigenvalue weighted by atomic mass is 9.98. The highest BCUT2D eigenvalue weighted by molar-refractivity contribution is 5.90. The molecule has 1 aromatic rings. The zero-order valence-corrected chi connectivity index (χ0v) is 20.8. The summed E-state index contributed by atoms with van der Waals surface area (Å²) in [5, 5.41) is 0. The minimum absolute atomic E-state index is 0.221. The third-order valence-corrected chi connectivity index (χ3v) is 6.55. The number of aromatic nitrogens is 2. The lowest BCUT2D eigenvalue weighted by molar-refractivity contribution is 0.00941. The van der Waals surface area contributed by atoms with Crippen molar-refractivity contribution in [2.75, 3.05) is 37.6 Å². The standard InChI is InChI=1S/C23H38N6O4/c1-7-16-14-28(20-15(2)25-18(19(24)30)21(31)26(20)6)12-13-29(16)17-8-10-27(11-9-17)22(32)33-23(3,4)5/h16-17H,7-14H2,1-6H3,(H2,24,30). The van der Waals surface area contributed by atoms with E-state index in [-0.39, 0.29) is 11.8 Å². The number of anilines is 1. The van der Waals surface area contributed by atoms with Crippen molar-refractivity contribution < 1.29 is 14.3 Å². The number of likely N-dealkylation sites (tertiary alicyclic amines) is 1. The number of hydrogen-bond acceptors (Lipinski definition) is 7. The van der Waals surface area contributed by atoms with Crippen molar-refractivity contribution in [3.05, 3.63) is 21.7 Å². The van der Waals surface area contributed by atoms with Gasteiger partial charge in [-0.25, -0.2) is 9.78 Å². The van der Waals surface area contributed by atoms with Gasteiger partial charge in [-0.05, 0) is 47.0 Å². The van der Waals surface area contributed by atoms with Gasteiger partial charge in [0, 0.05) is 51.9 Å². The van der Waals surface area contributed by atoms with Gasteiger partial charge in [0.15, 0.2) is 5.69 Å². The second-order valence-electron chi connectivity index (χ2n) is 10.0. The summed E-state index contributed by atoms with van der Waals surface area (Å²) in [6.45, 7) is 13.4. The van der Waals surface area contributed by atoms with Gasteiger partial charge in [0.1, 0.15) is 11.4 Å². The summed E-state index contributed by atoms with van der Waals surface area (Å²) in [6.07, 6.45) is 2.58. The molecule has 0 bridgehead atoms. The first-order chi connectivity index (χ1) is 15.4. The predicted molar refractivity (Wildman–Crippen MR) is 127 cm³/mol. The van der Waals surface area contributed by atoms with E-state index in [9.17, 15) is 14.4 Å². The molecule has 1 unspecified atom stereocenters. The molecule has 2 amide bonds. The smallest absolute Gasteiger partial charge is 0.410 e. The number of amides is 2. The second kappa shape index (κ2) is 9.70. The van der Waals surface area contributed by atoms with E-state index < -0.39 is 17.1 Å². The molecule has 2 saturated heterocycles. The van der Waals surface area contributed by atoms with Crippen LogP contribution in [0.3, 0.4) is 0 Å². The summed E-state index contributed by atoms with van der Waals surface area (Å²) in [5.41, 5.74) is 4.77. The van der Waals surface area contributed by atoms with Crippen molar-refractivity contribution in [1.82, 2.24) is 19.4 Å². The number of hydrogen-bond donors (Lipinski definition) is 1. The largest absolute Gasteiger partial charge is 0.444 e. The fourth-order valence-electron chi connectivity index (χ4n) is 4.98. The van der Waals surface area contributed by atoms with Crippen LogP contribution in [0.15, 0.2) is 4.79 Å². The van der Waals surface area contributed by atoms with Gasteiger partial charge in [0.25, 0.3) is 11.5 Å². The highest BCUT2D eigenvalue weighted by Crippen LogP contribution is 2.27. The average Bonchev–Trinajstić information content (AvgIpc) is 2.75. The zero-order valence-electron chi connectivity index (χ0n) is 20.8. The topological polar surface area (TPSA) is 114 Å². The van der Waals surface area contributed by atoms with Gasteiger partial charge in [-0.15, -0.1) is 0 Å². The molecule has 2 fully saturated rings. The Morgan fingerprint density at radius 3 is 2.33 bits per heavy atom. The Morgan fingerprint density at radius 2 is 1.79 bits per heavy atom. The lowest BCUT2D eigenvalue weighted by Crippen LogP contribution is -2.59. The van der Waals surface area contributed by atoms with Crippen molar-refractivity contribution in [2.45, 2.75) is 71.6 Å². The first-order valence-corrected chi connectivity index (χ1v) is 11.8. The van der Waals surface area contributed by atoms with Crippen LogP contribution in [0.5, 0.6) is 0 Å². The maximum atomic E-state index is 12.6. The molecular formula is C23H38N6O4. The van der Waals surface area contributed by atoms with Crippen LogP contribution in [0, 0.1) is 6.92 Å². The van der Waals surface area contributed by atoms with Crippen LogP contribution in [0.25, 0.3) is 0 Å². The SMILES string of the molecule is CCC1CN(c2c(C)nc(C(N)=O)c(=O)n2C)CCN1C1CCN(C(=O)OC(C)(C)C)CC1. The Kier molecular flexibility index (Phi) is 7.36. The average molecular weight is 463 g/mol.